The zero-order valence-electron chi connectivity index (χ0n) is 35.8. The van der Waals surface area contributed by atoms with E-state index in [1.807, 2.05) is 36.5 Å². The number of hydrogen-bond donors (Lipinski definition) is 3. The van der Waals surface area contributed by atoms with Crippen molar-refractivity contribution in [2.45, 2.75) is 219 Å². The van der Waals surface area contributed by atoms with E-state index in [1.54, 1.807) is 0 Å². The highest BCUT2D eigenvalue weighted by molar-refractivity contribution is 5.77. The van der Waals surface area contributed by atoms with Crippen LogP contribution in [0.4, 0.5) is 0 Å². The number of esters is 1. The molecule has 0 aliphatic rings. The molecule has 6 nitrogen and oxygen atoms in total. The van der Waals surface area contributed by atoms with Crippen molar-refractivity contribution in [1.82, 2.24) is 5.32 Å². The fraction of sp³-hybridized carbons (Fsp3) is 0.714. The second-order valence-electron chi connectivity index (χ2n) is 15.2. The van der Waals surface area contributed by atoms with Crippen molar-refractivity contribution in [3.63, 3.8) is 0 Å². The monoisotopic (exact) mass is 768 g/mol. The van der Waals surface area contributed by atoms with E-state index in [-0.39, 0.29) is 24.9 Å². The highest BCUT2D eigenvalue weighted by atomic mass is 16.5. The third-order valence-corrected chi connectivity index (χ3v) is 9.87. The Labute approximate surface area is 339 Å². The van der Waals surface area contributed by atoms with Gasteiger partial charge in [0.15, 0.2) is 0 Å². The molecule has 0 aromatic carbocycles. The number of amides is 1. The Morgan fingerprint density at radius 3 is 1.60 bits per heavy atom. The van der Waals surface area contributed by atoms with Crippen LogP contribution in [0.1, 0.15) is 201 Å². The van der Waals surface area contributed by atoms with E-state index in [1.165, 1.54) is 77.0 Å². The number of rotatable bonds is 39. The first-order valence-corrected chi connectivity index (χ1v) is 22.7. The molecule has 55 heavy (non-hydrogen) atoms. The number of ether oxygens (including phenoxy) is 1. The van der Waals surface area contributed by atoms with Gasteiger partial charge in [0.05, 0.1) is 25.2 Å². The highest BCUT2D eigenvalue weighted by Gasteiger charge is 2.24. The zero-order chi connectivity index (χ0) is 40.3. The van der Waals surface area contributed by atoms with Gasteiger partial charge in [-0.2, -0.15) is 0 Å². The molecule has 0 fully saturated rings. The molecule has 0 saturated carbocycles. The summed E-state index contributed by atoms with van der Waals surface area (Å²) >= 11 is 0. The number of allylic oxidation sites excluding steroid dienone is 12. The predicted molar refractivity (Wildman–Crippen MR) is 236 cm³/mol. The van der Waals surface area contributed by atoms with Crippen LogP contribution in [0.3, 0.4) is 0 Å². The topological polar surface area (TPSA) is 95.9 Å². The molecule has 0 radical (unpaired) electrons. The van der Waals surface area contributed by atoms with Crippen molar-refractivity contribution in [2.75, 3.05) is 6.61 Å². The van der Waals surface area contributed by atoms with Gasteiger partial charge in [-0.05, 0) is 64.2 Å². The van der Waals surface area contributed by atoms with Gasteiger partial charge in [-0.1, -0.05) is 196 Å². The number of aliphatic hydroxyl groups is 2. The van der Waals surface area contributed by atoms with Crippen LogP contribution >= 0.6 is 0 Å². The third kappa shape index (κ3) is 38.0. The van der Waals surface area contributed by atoms with Crippen molar-refractivity contribution >= 4 is 11.9 Å². The Morgan fingerprint density at radius 1 is 0.527 bits per heavy atom. The Kier molecular flexibility index (Phi) is 40.4. The van der Waals surface area contributed by atoms with Crippen LogP contribution in [0, 0.1) is 0 Å². The van der Waals surface area contributed by atoms with Crippen molar-refractivity contribution in [3.8, 4) is 0 Å². The standard InChI is InChI=1S/C49H85NO5/c1-4-7-10-13-16-19-21-22-23-24-25-27-29-31-34-37-40-45(55-49(54)42-39-36-33-30-26-20-17-14-11-8-5-2)43-48(53)50-46(44-51)47(52)41-38-35-32-28-18-15-12-9-6-3/h10,13-14,16-17,19,21-25,27,45-47,51-52H,4-9,11-12,15,18,20,26,28-44H2,1-3H3,(H,50,53)/b13-10+,17-14-,19-16+,22-21+,24-23+,27-25+. The molecule has 0 aliphatic carbocycles. The minimum Gasteiger partial charge on any atom is -0.462 e. The molecule has 1 amide bonds. The van der Waals surface area contributed by atoms with Crippen LogP contribution in [0.15, 0.2) is 72.9 Å². The molecule has 6 heteroatoms. The lowest BCUT2D eigenvalue weighted by Gasteiger charge is -2.24. The Balaban J connectivity index is 4.75. The fourth-order valence-electron chi connectivity index (χ4n) is 6.38. The molecule has 0 heterocycles. The van der Waals surface area contributed by atoms with Gasteiger partial charge in [0.2, 0.25) is 5.91 Å². The van der Waals surface area contributed by atoms with E-state index >= 15 is 0 Å². The van der Waals surface area contributed by atoms with Gasteiger partial charge < -0.3 is 20.3 Å². The maximum absolute atomic E-state index is 13.1. The minimum atomic E-state index is -0.801. The highest BCUT2D eigenvalue weighted by Crippen LogP contribution is 2.16. The summed E-state index contributed by atoms with van der Waals surface area (Å²) in [5.41, 5.74) is 0. The first-order chi connectivity index (χ1) is 27.0. The second-order valence-corrected chi connectivity index (χ2v) is 15.2. The van der Waals surface area contributed by atoms with Crippen LogP contribution in [0.2, 0.25) is 0 Å². The summed E-state index contributed by atoms with van der Waals surface area (Å²) in [4.78, 5) is 25.9. The minimum absolute atomic E-state index is 0.0429. The molecule has 0 aromatic rings. The van der Waals surface area contributed by atoms with Crippen molar-refractivity contribution in [2.24, 2.45) is 0 Å². The average molecular weight is 768 g/mol. The van der Waals surface area contributed by atoms with E-state index in [0.717, 1.165) is 77.0 Å². The average Bonchev–Trinajstić information content (AvgIpc) is 3.18. The lowest BCUT2D eigenvalue weighted by molar-refractivity contribution is -0.151. The van der Waals surface area contributed by atoms with Gasteiger partial charge in [0.25, 0.3) is 0 Å². The largest absolute Gasteiger partial charge is 0.462 e. The Morgan fingerprint density at radius 2 is 1.00 bits per heavy atom. The lowest BCUT2D eigenvalue weighted by atomic mass is 10.0. The summed E-state index contributed by atoms with van der Waals surface area (Å²) in [6.07, 6.45) is 52.4. The summed E-state index contributed by atoms with van der Waals surface area (Å²) in [6, 6.07) is -0.717. The maximum atomic E-state index is 13.1. The molecule has 0 saturated heterocycles. The number of carbonyl (C=O) groups is 2. The first-order valence-electron chi connectivity index (χ1n) is 22.7. The number of carbonyl (C=O) groups excluding carboxylic acids is 2. The Bertz CT molecular complexity index is 1040. The van der Waals surface area contributed by atoms with Gasteiger partial charge in [-0.3, -0.25) is 9.59 Å². The third-order valence-electron chi connectivity index (χ3n) is 9.87. The number of aliphatic hydroxyl groups excluding tert-OH is 2. The van der Waals surface area contributed by atoms with Gasteiger partial charge in [0.1, 0.15) is 6.10 Å². The summed E-state index contributed by atoms with van der Waals surface area (Å²) in [7, 11) is 0. The van der Waals surface area contributed by atoms with Gasteiger partial charge in [0, 0.05) is 6.42 Å². The number of unbranched alkanes of at least 4 members (excludes halogenated alkanes) is 19. The molecule has 0 spiro atoms. The van der Waals surface area contributed by atoms with Crippen molar-refractivity contribution in [1.29, 1.82) is 0 Å². The molecule has 3 unspecified atom stereocenters. The second kappa shape index (κ2) is 42.4. The van der Waals surface area contributed by atoms with E-state index < -0.39 is 18.2 Å². The van der Waals surface area contributed by atoms with Crippen LogP contribution < -0.4 is 5.32 Å². The van der Waals surface area contributed by atoms with Crippen LogP contribution in [-0.2, 0) is 14.3 Å². The summed E-state index contributed by atoms with van der Waals surface area (Å²) in [6.45, 7) is 6.30. The van der Waals surface area contributed by atoms with E-state index in [4.69, 9.17) is 4.74 Å². The van der Waals surface area contributed by atoms with Crippen molar-refractivity contribution in [3.05, 3.63) is 72.9 Å². The summed E-state index contributed by atoms with van der Waals surface area (Å²) in [5.74, 6) is -0.535. The van der Waals surface area contributed by atoms with E-state index in [0.29, 0.717) is 19.3 Å². The van der Waals surface area contributed by atoms with Crippen molar-refractivity contribution < 1.29 is 24.5 Å². The molecular formula is C49H85NO5. The van der Waals surface area contributed by atoms with Gasteiger partial charge in [-0.25, -0.2) is 0 Å². The number of nitrogens with one attached hydrogen (secondary N) is 1. The smallest absolute Gasteiger partial charge is 0.306 e. The SMILES string of the molecule is CCC/C=C/C=C/C=C/C=C/C=C/CCCCCC(CC(=O)NC(CO)C(O)CCCCCCCCCCC)OC(=O)CCCCCCC/C=C\CCCC. The van der Waals surface area contributed by atoms with E-state index in [9.17, 15) is 19.8 Å². The molecule has 0 aliphatic heterocycles. The molecular weight excluding hydrogens is 683 g/mol. The zero-order valence-corrected chi connectivity index (χ0v) is 35.8. The Hall–Kier alpha value is -2.70. The summed E-state index contributed by atoms with van der Waals surface area (Å²) in [5, 5.41) is 23.6. The first kappa shape index (κ1) is 52.3. The quantitative estimate of drug-likeness (QED) is 0.0250. The van der Waals surface area contributed by atoms with E-state index in [2.05, 4.69) is 62.5 Å². The molecule has 0 aromatic heterocycles. The summed E-state index contributed by atoms with van der Waals surface area (Å²) < 4.78 is 5.87. The van der Waals surface area contributed by atoms with Crippen LogP contribution in [0.5, 0.6) is 0 Å². The molecule has 0 bridgehead atoms. The molecule has 3 N–H and O–H groups in total. The number of hydrogen-bond acceptors (Lipinski definition) is 5. The fourth-order valence-corrected chi connectivity index (χ4v) is 6.38. The molecule has 3 atom stereocenters. The maximum Gasteiger partial charge on any atom is 0.306 e. The van der Waals surface area contributed by atoms with Gasteiger partial charge >= 0.3 is 5.97 Å². The lowest BCUT2D eigenvalue weighted by Crippen LogP contribution is -2.46. The van der Waals surface area contributed by atoms with Crippen LogP contribution in [0.25, 0.3) is 0 Å². The predicted octanol–water partition coefficient (Wildman–Crippen LogP) is 13.1. The van der Waals surface area contributed by atoms with Gasteiger partial charge in [-0.15, -0.1) is 0 Å². The normalized spacial score (nSPS) is 14.1. The van der Waals surface area contributed by atoms with Crippen LogP contribution in [-0.4, -0.2) is 46.9 Å². The molecule has 0 rings (SSSR count). The molecule has 316 valence electrons.